The van der Waals surface area contributed by atoms with Gasteiger partial charge in [-0.3, -0.25) is 0 Å². The normalized spacial score (nSPS) is 13.7. The number of benzene rings is 2. The molecule has 1 aliphatic carbocycles. The van der Waals surface area contributed by atoms with Crippen molar-refractivity contribution in [2.75, 3.05) is 32.2 Å². The summed E-state index contributed by atoms with van der Waals surface area (Å²) in [5, 5.41) is 15.8. The summed E-state index contributed by atoms with van der Waals surface area (Å²) in [5.41, 5.74) is 5.36. The first kappa shape index (κ1) is 22.1. The third-order valence-corrected chi connectivity index (χ3v) is 6.63. The molecule has 0 amide bonds. The van der Waals surface area contributed by atoms with Crippen molar-refractivity contribution in [3.63, 3.8) is 0 Å². The van der Waals surface area contributed by atoms with Crippen molar-refractivity contribution in [3.05, 3.63) is 72.1 Å². The highest BCUT2D eigenvalue weighted by Gasteiger charge is 2.29. The molecule has 34 heavy (non-hydrogen) atoms. The maximum atomic E-state index is 12.0. The molecule has 7 heteroatoms. The second-order valence-electron chi connectivity index (χ2n) is 8.78. The van der Waals surface area contributed by atoms with E-state index in [9.17, 15) is 9.90 Å². The zero-order valence-corrected chi connectivity index (χ0v) is 19.4. The van der Waals surface area contributed by atoms with Gasteiger partial charge in [-0.15, -0.1) is 0 Å². The van der Waals surface area contributed by atoms with E-state index in [-0.39, 0.29) is 5.69 Å². The van der Waals surface area contributed by atoms with Crippen LogP contribution in [0.25, 0.3) is 27.8 Å². The molecule has 0 bridgehead atoms. The molecule has 0 saturated heterocycles. The average Bonchev–Trinajstić information content (AvgIpc) is 3.20. The van der Waals surface area contributed by atoms with E-state index < -0.39 is 5.97 Å². The van der Waals surface area contributed by atoms with E-state index >= 15 is 0 Å². The van der Waals surface area contributed by atoms with Crippen molar-refractivity contribution in [1.82, 2.24) is 14.8 Å². The van der Waals surface area contributed by atoms with Crippen molar-refractivity contribution in [3.8, 4) is 16.8 Å². The van der Waals surface area contributed by atoms with Gasteiger partial charge in [-0.05, 0) is 54.3 Å². The first-order chi connectivity index (χ1) is 16.6. The molecule has 174 valence electrons. The number of carbonyl (C=O) groups is 1. The Morgan fingerprint density at radius 2 is 1.88 bits per heavy atom. The third-order valence-electron chi connectivity index (χ3n) is 6.63. The van der Waals surface area contributed by atoms with E-state index in [1.165, 1.54) is 6.42 Å². The van der Waals surface area contributed by atoms with Crippen LogP contribution in [0.2, 0.25) is 0 Å². The average molecular weight is 457 g/mol. The number of anilines is 1. The molecule has 2 aromatic carbocycles. The van der Waals surface area contributed by atoms with E-state index in [0.29, 0.717) is 18.2 Å². The number of para-hydroxylation sites is 1. The molecule has 7 nitrogen and oxygen atoms in total. The molecular formula is C27H28N4O3. The molecule has 1 N–H and O–H groups in total. The largest absolute Gasteiger partial charge is 0.477 e. The number of nitrogens with zero attached hydrogens (tertiary/aromatic N) is 4. The molecule has 5 rings (SSSR count). The second-order valence-corrected chi connectivity index (χ2v) is 8.78. The monoisotopic (exact) mass is 456 g/mol. The van der Waals surface area contributed by atoms with Crippen LogP contribution in [0.3, 0.4) is 0 Å². The summed E-state index contributed by atoms with van der Waals surface area (Å²) < 4.78 is 6.99. The lowest BCUT2D eigenvalue weighted by molar-refractivity contribution is 0.0691. The lowest BCUT2D eigenvalue weighted by Crippen LogP contribution is -2.21. The summed E-state index contributed by atoms with van der Waals surface area (Å²) >= 11 is 0. The van der Waals surface area contributed by atoms with Gasteiger partial charge in [0.05, 0.1) is 23.4 Å². The maximum Gasteiger partial charge on any atom is 0.354 e. The molecule has 2 heterocycles. The lowest BCUT2D eigenvalue weighted by atomic mass is 9.81. The van der Waals surface area contributed by atoms with Crippen molar-refractivity contribution in [1.29, 1.82) is 0 Å². The van der Waals surface area contributed by atoms with Crippen LogP contribution in [0, 0.1) is 0 Å². The minimum atomic E-state index is -1.05. The van der Waals surface area contributed by atoms with Gasteiger partial charge in [-0.25, -0.2) is 14.5 Å². The van der Waals surface area contributed by atoms with Gasteiger partial charge in [0.1, 0.15) is 0 Å². The first-order valence-corrected chi connectivity index (χ1v) is 11.6. The Hall–Kier alpha value is -3.71. The van der Waals surface area contributed by atoms with Gasteiger partial charge in [-0.1, -0.05) is 36.8 Å². The fraction of sp³-hybridized carbons (Fsp3) is 0.296. The summed E-state index contributed by atoms with van der Waals surface area (Å²) in [7, 11) is 3.72. The van der Waals surface area contributed by atoms with E-state index in [2.05, 4.69) is 22.0 Å². The summed E-state index contributed by atoms with van der Waals surface area (Å²) in [6.45, 7) is 1.43. The highest BCUT2D eigenvalue weighted by Crippen LogP contribution is 2.42. The van der Waals surface area contributed by atoms with Gasteiger partial charge < -0.3 is 14.7 Å². The quantitative estimate of drug-likeness (QED) is 0.396. The summed E-state index contributed by atoms with van der Waals surface area (Å²) in [4.78, 5) is 18.7. The number of hydrogen-bond acceptors (Lipinski definition) is 5. The summed E-state index contributed by atoms with van der Waals surface area (Å²) in [5.74, 6) is -0.687. The number of likely N-dealkylation sites (N-methyl/N-ethyl adjacent to an activating group) is 1. The molecular weight excluding hydrogens is 428 g/mol. The van der Waals surface area contributed by atoms with Gasteiger partial charge in [0, 0.05) is 32.3 Å². The van der Waals surface area contributed by atoms with Crippen LogP contribution in [0.1, 0.15) is 41.4 Å². The van der Waals surface area contributed by atoms with Crippen LogP contribution >= 0.6 is 0 Å². The maximum absolute atomic E-state index is 12.0. The minimum absolute atomic E-state index is 0.0148. The molecule has 0 aliphatic heterocycles. The zero-order valence-electron chi connectivity index (χ0n) is 19.4. The smallest absolute Gasteiger partial charge is 0.354 e. The lowest BCUT2D eigenvalue weighted by Gasteiger charge is -2.24. The molecule has 1 saturated carbocycles. The molecule has 0 radical (unpaired) electrons. The molecule has 0 spiro atoms. The number of carboxylic acid groups (broad SMARTS) is 1. The Morgan fingerprint density at radius 3 is 2.50 bits per heavy atom. The number of pyridine rings is 1. The van der Waals surface area contributed by atoms with Crippen molar-refractivity contribution in [2.45, 2.75) is 25.2 Å². The molecule has 1 aliphatic rings. The number of hydrogen-bond donors (Lipinski definition) is 1. The van der Waals surface area contributed by atoms with E-state index in [0.717, 1.165) is 53.0 Å². The fourth-order valence-electron chi connectivity index (χ4n) is 4.45. The Labute approximate surface area is 198 Å². The van der Waals surface area contributed by atoms with Gasteiger partial charge >= 0.3 is 5.97 Å². The van der Waals surface area contributed by atoms with Gasteiger partial charge in [-0.2, -0.15) is 5.10 Å². The fourth-order valence-corrected chi connectivity index (χ4v) is 4.45. The zero-order chi connectivity index (χ0) is 23.7. The number of rotatable bonds is 8. The van der Waals surface area contributed by atoms with Crippen molar-refractivity contribution in [2.24, 2.45) is 0 Å². The van der Waals surface area contributed by atoms with Gasteiger partial charge in [0.2, 0.25) is 0 Å². The predicted octanol–water partition coefficient (Wildman–Crippen LogP) is 5.14. The Kier molecular flexibility index (Phi) is 6.02. The van der Waals surface area contributed by atoms with Crippen LogP contribution in [0.5, 0.6) is 0 Å². The van der Waals surface area contributed by atoms with E-state index in [4.69, 9.17) is 9.84 Å². The number of aromatic carboxylic acids is 1. The van der Waals surface area contributed by atoms with Crippen molar-refractivity contribution >= 4 is 22.7 Å². The molecule has 0 unspecified atom stereocenters. The standard InChI is InChI=1S/C27H28N4O3/c1-30(15-16-34-2)20-13-11-18(12-14-20)22-17-23(27(32)33)28-26-24(22)25(19-7-6-8-19)29-31(26)21-9-4-3-5-10-21/h3-5,9-14,17,19H,6-8,15-16H2,1-2H3,(H,32,33). The SMILES string of the molecule is COCCN(C)c1ccc(-c2cc(C(=O)O)nc3c2c(C2CCC2)nn3-c2ccccc2)cc1. The van der Waals surface area contributed by atoms with Crippen molar-refractivity contribution < 1.29 is 14.6 Å². The van der Waals surface area contributed by atoms with Crippen LogP contribution in [0.4, 0.5) is 5.69 Å². The minimum Gasteiger partial charge on any atom is -0.477 e. The number of carboxylic acids is 1. The van der Waals surface area contributed by atoms with E-state index in [1.807, 2.05) is 49.5 Å². The predicted molar refractivity (Wildman–Crippen MR) is 133 cm³/mol. The van der Waals surface area contributed by atoms with Gasteiger partial charge in [0.15, 0.2) is 11.3 Å². The number of aromatic nitrogens is 3. The molecule has 1 fully saturated rings. The Morgan fingerprint density at radius 1 is 1.15 bits per heavy atom. The Balaban J connectivity index is 1.69. The molecule has 0 atom stereocenters. The van der Waals surface area contributed by atoms with Crippen LogP contribution in [-0.4, -0.2) is 53.1 Å². The number of ether oxygens (including phenoxy) is 1. The third kappa shape index (κ3) is 4.03. The highest BCUT2D eigenvalue weighted by atomic mass is 16.5. The second kappa shape index (κ2) is 9.27. The number of methoxy groups -OCH3 is 1. The molecule has 4 aromatic rings. The molecule has 2 aromatic heterocycles. The van der Waals surface area contributed by atoms with Crippen LogP contribution in [-0.2, 0) is 4.74 Å². The Bertz CT molecular complexity index is 1310. The van der Waals surface area contributed by atoms with Gasteiger partial charge in [0.25, 0.3) is 0 Å². The summed E-state index contributed by atoms with van der Waals surface area (Å²) in [6, 6.07) is 19.7. The van der Waals surface area contributed by atoms with Crippen LogP contribution in [0.15, 0.2) is 60.7 Å². The summed E-state index contributed by atoms with van der Waals surface area (Å²) in [6.07, 6.45) is 3.36. The van der Waals surface area contributed by atoms with E-state index in [1.54, 1.807) is 17.9 Å². The highest BCUT2D eigenvalue weighted by molar-refractivity contribution is 6.00. The number of fused-ring (bicyclic) bond motifs is 1. The first-order valence-electron chi connectivity index (χ1n) is 11.6. The van der Waals surface area contributed by atoms with Crippen LogP contribution < -0.4 is 4.90 Å². The topological polar surface area (TPSA) is 80.5 Å².